The minimum absolute atomic E-state index is 0.0922. The average molecular weight is 283 g/mol. The Morgan fingerprint density at radius 2 is 2.10 bits per heavy atom. The molecule has 21 heavy (non-hydrogen) atoms. The van der Waals surface area contributed by atoms with E-state index in [-0.39, 0.29) is 6.04 Å². The SMILES string of the molecule is C=CC[C@@]1(C(=O)O)c2ccccc2C=C[C@@H]1N1CCCC1. The van der Waals surface area contributed by atoms with E-state index in [1.807, 2.05) is 24.3 Å². The number of likely N-dealkylation sites (tertiary alicyclic amines) is 1. The van der Waals surface area contributed by atoms with Crippen LogP contribution in [0.1, 0.15) is 30.4 Å². The van der Waals surface area contributed by atoms with Gasteiger partial charge in [0.25, 0.3) is 0 Å². The third kappa shape index (κ3) is 2.12. The normalized spacial score (nSPS) is 28.3. The summed E-state index contributed by atoms with van der Waals surface area (Å²) in [4.78, 5) is 14.6. The van der Waals surface area contributed by atoms with Crippen molar-refractivity contribution in [2.45, 2.75) is 30.7 Å². The minimum atomic E-state index is -0.919. The number of aliphatic carboxylic acids is 1. The van der Waals surface area contributed by atoms with Gasteiger partial charge in [-0.25, -0.2) is 0 Å². The fourth-order valence-corrected chi connectivity index (χ4v) is 3.81. The highest BCUT2D eigenvalue weighted by Crippen LogP contribution is 2.42. The zero-order chi connectivity index (χ0) is 14.9. The monoisotopic (exact) mass is 283 g/mol. The van der Waals surface area contributed by atoms with Gasteiger partial charge in [0.2, 0.25) is 0 Å². The van der Waals surface area contributed by atoms with Gasteiger partial charge in [0.05, 0.1) is 0 Å². The summed E-state index contributed by atoms with van der Waals surface area (Å²) in [6.45, 7) is 5.76. The fourth-order valence-electron chi connectivity index (χ4n) is 3.81. The fraction of sp³-hybridized carbons (Fsp3) is 0.389. The number of benzene rings is 1. The van der Waals surface area contributed by atoms with Gasteiger partial charge in [-0.15, -0.1) is 6.58 Å². The maximum absolute atomic E-state index is 12.3. The van der Waals surface area contributed by atoms with Crippen LogP contribution in [-0.4, -0.2) is 35.1 Å². The van der Waals surface area contributed by atoms with Gasteiger partial charge < -0.3 is 5.11 Å². The number of fused-ring (bicyclic) bond motifs is 1. The van der Waals surface area contributed by atoms with E-state index < -0.39 is 11.4 Å². The lowest BCUT2D eigenvalue weighted by atomic mass is 9.67. The molecule has 1 heterocycles. The minimum Gasteiger partial charge on any atom is -0.481 e. The Bertz CT molecular complexity index is 587. The molecule has 0 spiro atoms. The number of carbonyl (C=O) groups is 1. The standard InChI is InChI=1S/C18H21NO2/c1-2-11-18(17(20)21)15-8-4-3-7-14(15)9-10-16(18)19-12-5-6-13-19/h2-4,7-10,16H,1,5-6,11-13H2,(H,20,21)/t16-,18+/m0/s1. The lowest BCUT2D eigenvalue weighted by Gasteiger charge is -2.43. The van der Waals surface area contributed by atoms with Gasteiger partial charge in [-0.3, -0.25) is 9.69 Å². The van der Waals surface area contributed by atoms with Crippen LogP contribution in [0, 0.1) is 0 Å². The van der Waals surface area contributed by atoms with Gasteiger partial charge >= 0.3 is 5.97 Å². The molecule has 1 N–H and O–H groups in total. The first-order valence-electron chi connectivity index (χ1n) is 7.56. The summed E-state index contributed by atoms with van der Waals surface area (Å²) in [5, 5.41) is 10.1. The second-order valence-corrected chi connectivity index (χ2v) is 5.90. The van der Waals surface area contributed by atoms with Gasteiger partial charge in [-0.2, -0.15) is 0 Å². The van der Waals surface area contributed by atoms with E-state index in [4.69, 9.17) is 0 Å². The molecule has 1 aromatic carbocycles. The van der Waals surface area contributed by atoms with E-state index in [9.17, 15) is 9.90 Å². The molecular weight excluding hydrogens is 262 g/mol. The molecule has 1 aliphatic heterocycles. The summed E-state index contributed by atoms with van der Waals surface area (Å²) in [5.74, 6) is -0.754. The maximum Gasteiger partial charge on any atom is 0.316 e. The molecule has 1 aliphatic carbocycles. The zero-order valence-electron chi connectivity index (χ0n) is 12.2. The van der Waals surface area contributed by atoms with E-state index in [0.717, 1.165) is 37.1 Å². The highest BCUT2D eigenvalue weighted by molar-refractivity contribution is 5.87. The number of carboxylic acids is 1. The van der Waals surface area contributed by atoms with E-state index in [2.05, 4.69) is 23.6 Å². The molecule has 1 saturated heterocycles. The van der Waals surface area contributed by atoms with Crippen LogP contribution in [0.3, 0.4) is 0 Å². The van der Waals surface area contributed by atoms with Crippen LogP contribution in [0.5, 0.6) is 0 Å². The molecule has 2 aliphatic rings. The molecule has 0 radical (unpaired) electrons. The Labute approximate surface area is 125 Å². The number of rotatable bonds is 4. The van der Waals surface area contributed by atoms with Crippen LogP contribution in [0.4, 0.5) is 0 Å². The van der Waals surface area contributed by atoms with E-state index in [0.29, 0.717) is 6.42 Å². The first-order valence-corrected chi connectivity index (χ1v) is 7.56. The first-order chi connectivity index (χ1) is 10.2. The molecule has 0 aromatic heterocycles. The molecule has 1 aromatic rings. The quantitative estimate of drug-likeness (QED) is 0.863. The summed E-state index contributed by atoms with van der Waals surface area (Å²) in [6.07, 6.45) is 8.64. The van der Waals surface area contributed by atoms with Crippen molar-refractivity contribution in [1.82, 2.24) is 4.90 Å². The topological polar surface area (TPSA) is 40.5 Å². The van der Waals surface area contributed by atoms with Crippen LogP contribution >= 0.6 is 0 Å². The average Bonchev–Trinajstić information content (AvgIpc) is 3.01. The van der Waals surface area contributed by atoms with Crippen LogP contribution in [0.15, 0.2) is 43.0 Å². The largest absolute Gasteiger partial charge is 0.481 e. The zero-order valence-corrected chi connectivity index (χ0v) is 12.2. The van der Waals surface area contributed by atoms with Crippen molar-refractivity contribution in [3.8, 4) is 0 Å². The summed E-state index contributed by atoms with van der Waals surface area (Å²) in [6, 6.07) is 7.75. The van der Waals surface area contributed by atoms with Crippen molar-refractivity contribution in [3.05, 3.63) is 54.1 Å². The predicted octanol–water partition coefficient (Wildman–Crippen LogP) is 3.08. The Kier molecular flexibility index (Phi) is 3.68. The second kappa shape index (κ2) is 5.49. The molecule has 0 saturated carbocycles. The molecule has 3 rings (SSSR count). The molecular formula is C18H21NO2. The van der Waals surface area contributed by atoms with Crippen molar-refractivity contribution in [3.63, 3.8) is 0 Å². The van der Waals surface area contributed by atoms with E-state index in [1.165, 1.54) is 0 Å². The summed E-state index contributed by atoms with van der Waals surface area (Å²) in [5.41, 5.74) is 1.01. The molecule has 1 fully saturated rings. The second-order valence-electron chi connectivity index (χ2n) is 5.90. The highest BCUT2D eigenvalue weighted by atomic mass is 16.4. The molecule has 2 atom stereocenters. The van der Waals surface area contributed by atoms with Crippen molar-refractivity contribution in [2.24, 2.45) is 0 Å². The van der Waals surface area contributed by atoms with E-state index >= 15 is 0 Å². The number of hydrogen-bond acceptors (Lipinski definition) is 2. The lowest BCUT2D eigenvalue weighted by Crippen LogP contribution is -2.54. The van der Waals surface area contributed by atoms with Gasteiger partial charge in [0.1, 0.15) is 5.41 Å². The lowest BCUT2D eigenvalue weighted by molar-refractivity contribution is -0.146. The highest BCUT2D eigenvalue weighted by Gasteiger charge is 2.50. The van der Waals surface area contributed by atoms with Gasteiger partial charge in [0.15, 0.2) is 0 Å². The number of nitrogens with zero attached hydrogens (tertiary/aromatic N) is 1. The van der Waals surface area contributed by atoms with E-state index in [1.54, 1.807) is 6.08 Å². The van der Waals surface area contributed by atoms with Crippen LogP contribution in [-0.2, 0) is 10.2 Å². The van der Waals surface area contributed by atoms with Gasteiger partial charge in [-0.1, -0.05) is 42.5 Å². The Hall–Kier alpha value is -1.87. The molecule has 3 nitrogen and oxygen atoms in total. The van der Waals surface area contributed by atoms with Gasteiger partial charge in [0, 0.05) is 6.04 Å². The van der Waals surface area contributed by atoms with Crippen molar-refractivity contribution in [2.75, 3.05) is 13.1 Å². The molecule has 0 bridgehead atoms. The number of carboxylic acid groups (broad SMARTS) is 1. The molecule has 0 unspecified atom stereocenters. The van der Waals surface area contributed by atoms with Crippen molar-refractivity contribution < 1.29 is 9.90 Å². The third-order valence-electron chi connectivity index (χ3n) is 4.79. The first kappa shape index (κ1) is 14.1. The maximum atomic E-state index is 12.3. The van der Waals surface area contributed by atoms with Gasteiger partial charge in [-0.05, 0) is 43.5 Å². The molecule has 0 amide bonds. The summed E-state index contributed by atoms with van der Waals surface area (Å²) >= 11 is 0. The van der Waals surface area contributed by atoms with Crippen LogP contribution < -0.4 is 0 Å². The summed E-state index contributed by atoms with van der Waals surface area (Å²) < 4.78 is 0. The predicted molar refractivity (Wildman–Crippen MR) is 84.2 cm³/mol. The van der Waals surface area contributed by atoms with Crippen LogP contribution in [0.2, 0.25) is 0 Å². The summed E-state index contributed by atoms with van der Waals surface area (Å²) in [7, 11) is 0. The van der Waals surface area contributed by atoms with Crippen molar-refractivity contribution in [1.29, 1.82) is 0 Å². The Morgan fingerprint density at radius 1 is 1.38 bits per heavy atom. The third-order valence-corrected chi connectivity index (χ3v) is 4.79. The van der Waals surface area contributed by atoms with Crippen LogP contribution in [0.25, 0.3) is 6.08 Å². The van der Waals surface area contributed by atoms with Crippen molar-refractivity contribution >= 4 is 12.0 Å². The Balaban J connectivity index is 2.16. The number of hydrogen-bond donors (Lipinski definition) is 1. The Morgan fingerprint density at radius 3 is 2.76 bits per heavy atom. The smallest absolute Gasteiger partial charge is 0.316 e. The molecule has 110 valence electrons. The number of allylic oxidation sites excluding steroid dienone is 1. The molecule has 3 heteroatoms.